The van der Waals surface area contributed by atoms with E-state index in [9.17, 15) is 19.2 Å². The van der Waals surface area contributed by atoms with Gasteiger partial charge < -0.3 is 30.7 Å². The third kappa shape index (κ3) is 5.63. The zero-order chi connectivity index (χ0) is 26.4. The fraction of sp³-hybridized carbons (Fsp3) is 0.261. The largest absolute Gasteiger partial charge is 0.497 e. The van der Waals surface area contributed by atoms with E-state index < -0.39 is 36.3 Å². The Labute approximate surface area is 210 Å². The molecule has 2 heterocycles. The number of benzene rings is 1. The highest BCUT2D eigenvalue weighted by Gasteiger charge is 2.38. The number of esters is 1. The van der Waals surface area contributed by atoms with Gasteiger partial charge >= 0.3 is 5.97 Å². The van der Waals surface area contributed by atoms with Gasteiger partial charge in [-0.15, -0.1) is 0 Å². The van der Waals surface area contributed by atoms with Crippen molar-refractivity contribution in [1.82, 2.24) is 9.69 Å². The molecule has 1 atom stereocenters. The molecule has 0 fully saturated rings. The number of anilines is 2. The molecular formula is C23H25N5O7S. The van der Waals surface area contributed by atoms with Crippen molar-refractivity contribution in [2.45, 2.75) is 19.9 Å². The number of methoxy groups -OCH3 is 1. The van der Waals surface area contributed by atoms with Crippen LogP contribution >= 0.6 is 11.5 Å². The Morgan fingerprint density at radius 3 is 2.39 bits per heavy atom. The van der Waals surface area contributed by atoms with Gasteiger partial charge in [0, 0.05) is 5.69 Å². The summed E-state index contributed by atoms with van der Waals surface area (Å²) in [6.45, 7) is 3.02. The smallest absolute Gasteiger partial charge is 0.325 e. The molecular weight excluding hydrogens is 490 g/mol. The lowest BCUT2D eigenvalue weighted by molar-refractivity contribution is -0.143. The van der Waals surface area contributed by atoms with Crippen LogP contribution in [0.25, 0.3) is 0 Å². The van der Waals surface area contributed by atoms with Crippen LogP contribution in [0.1, 0.15) is 44.6 Å². The number of furan rings is 1. The molecule has 0 aliphatic rings. The molecule has 0 aliphatic heterocycles. The number of carbonyl (C=O) groups excluding carboxylic acids is 4. The number of ether oxygens (including phenoxy) is 2. The predicted molar refractivity (Wildman–Crippen MR) is 131 cm³/mol. The SMILES string of the molecule is CCOC(=O)CNC(=O)[C@H](c1ccc(C)o1)N(C(=O)c1snc(C(N)=O)c1N)c1ccc(OC)cc1. The van der Waals surface area contributed by atoms with Crippen LogP contribution in [-0.4, -0.2) is 48.3 Å². The number of aromatic nitrogens is 1. The second kappa shape index (κ2) is 11.4. The van der Waals surface area contributed by atoms with Crippen molar-refractivity contribution in [3.63, 3.8) is 0 Å². The third-order valence-electron chi connectivity index (χ3n) is 4.97. The van der Waals surface area contributed by atoms with Crippen molar-refractivity contribution < 1.29 is 33.1 Å². The molecule has 2 aromatic heterocycles. The summed E-state index contributed by atoms with van der Waals surface area (Å²) in [5.74, 6) is -1.89. The topological polar surface area (TPSA) is 180 Å². The molecule has 3 rings (SSSR count). The second-order valence-corrected chi connectivity index (χ2v) is 8.16. The summed E-state index contributed by atoms with van der Waals surface area (Å²) in [4.78, 5) is 51.8. The highest BCUT2D eigenvalue weighted by molar-refractivity contribution is 7.09. The van der Waals surface area contributed by atoms with Crippen molar-refractivity contribution in [2.75, 3.05) is 30.9 Å². The number of rotatable bonds is 10. The van der Waals surface area contributed by atoms with Gasteiger partial charge in [-0.05, 0) is 61.8 Å². The van der Waals surface area contributed by atoms with E-state index in [2.05, 4.69) is 9.69 Å². The summed E-state index contributed by atoms with van der Waals surface area (Å²) < 4.78 is 19.7. The minimum atomic E-state index is -1.37. The predicted octanol–water partition coefficient (Wildman–Crippen LogP) is 1.80. The van der Waals surface area contributed by atoms with E-state index >= 15 is 0 Å². The highest BCUT2D eigenvalue weighted by atomic mass is 32.1. The monoisotopic (exact) mass is 515 g/mol. The summed E-state index contributed by atoms with van der Waals surface area (Å²) in [6.07, 6.45) is 0. The van der Waals surface area contributed by atoms with E-state index in [4.69, 9.17) is 25.4 Å². The minimum Gasteiger partial charge on any atom is -0.497 e. The summed E-state index contributed by atoms with van der Waals surface area (Å²) in [5, 5.41) is 2.48. The van der Waals surface area contributed by atoms with Crippen molar-refractivity contribution in [3.05, 3.63) is 58.5 Å². The summed E-state index contributed by atoms with van der Waals surface area (Å²) in [5.41, 5.74) is 11.1. The fourth-order valence-electron chi connectivity index (χ4n) is 3.31. The maximum Gasteiger partial charge on any atom is 0.325 e. The molecule has 3 amide bonds. The number of aryl methyl sites for hydroxylation is 1. The van der Waals surface area contributed by atoms with Crippen LogP contribution in [-0.2, 0) is 14.3 Å². The molecule has 0 aliphatic carbocycles. The molecule has 0 radical (unpaired) electrons. The van der Waals surface area contributed by atoms with E-state index in [1.165, 1.54) is 7.11 Å². The summed E-state index contributed by atoms with van der Waals surface area (Å²) in [6, 6.07) is 8.12. The van der Waals surface area contributed by atoms with Gasteiger partial charge in [0.25, 0.3) is 17.7 Å². The van der Waals surface area contributed by atoms with Crippen molar-refractivity contribution in [1.29, 1.82) is 0 Å². The molecule has 0 bridgehead atoms. The van der Waals surface area contributed by atoms with Gasteiger partial charge in [-0.25, -0.2) is 0 Å². The molecule has 0 saturated heterocycles. The maximum absolute atomic E-state index is 13.8. The van der Waals surface area contributed by atoms with Crippen LogP contribution in [0.5, 0.6) is 5.75 Å². The van der Waals surface area contributed by atoms with Gasteiger partial charge in [0.15, 0.2) is 11.7 Å². The summed E-state index contributed by atoms with van der Waals surface area (Å²) in [7, 11) is 1.48. The molecule has 13 heteroatoms. The average Bonchev–Trinajstić information content (AvgIpc) is 3.46. The number of amides is 3. The first-order valence-corrected chi connectivity index (χ1v) is 11.5. The first-order chi connectivity index (χ1) is 17.2. The highest BCUT2D eigenvalue weighted by Crippen LogP contribution is 2.34. The van der Waals surface area contributed by atoms with Gasteiger partial charge in [0.2, 0.25) is 0 Å². The van der Waals surface area contributed by atoms with Crippen LogP contribution in [0.15, 0.2) is 40.8 Å². The zero-order valence-electron chi connectivity index (χ0n) is 19.8. The van der Waals surface area contributed by atoms with Crippen molar-refractivity contribution >= 4 is 46.6 Å². The van der Waals surface area contributed by atoms with Crippen LogP contribution in [0, 0.1) is 6.92 Å². The molecule has 0 saturated carbocycles. The van der Waals surface area contributed by atoms with Gasteiger partial charge in [-0.1, -0.05) is 0 Å². The van der Waals surface area contributed by atoms with Crippen LogP contribution in [0.4, 0.5) is 11.4 Å². The lowest BCUT2D eigenvalue weighted by atomic mass is 10.1. The number of nitrogens with one attached hydrogen (secondary N) is 1. The third-order valence-corrected chi connectivity index (χ3v) is 5.83. The van der Waals surface area contributed by atoms with Gasteiger partial charge in [-0.3, -0.25) is 24.1 Å². The molecule has 190 valence electrons. The van der Waals surface area contributed by atoms with Crippen molar-refractivity contribution in [2.24, 2.45) is 5.73 Å². The quantitative estimate of drug-likeness (QED) is 0.339. The number of carbonyl (C=O) groups is 4. The van der Waals surface area contributed by atoms with Crippen LogP contribution in [0.3, 0.4) is 0 Å². The number of nitrogens with two attached hydrogens (primary N) is 2. The molecule has 12 nitrogen and oxygen atoms in total. The molecule has 0 spiro atoms. The molecule has 0 unspecified atom stereocenters. The molecule has 36 heavy (non-hydrogen) atoms. The number of nitrogens with zero attached hydrogens (tertiary/aromatic N) is 2. The normalized spacial score (nSPS) is 11.4. The Hall–Kier alpha value is -4.39. The van der Waals surface area contributed by atoms with E-state index in [1.807, 2.05) is 0 Å². The Morgan fingerprint density at radius 1 is 1.17 bits per heavy atom. The Balaban J connectivity index is 2.13. The molecule has 5 N–H and O–H groups in total. The van der Waals surface area contributed by atoms with E-state index in [1.54, 1.807) is 50.2 Å². The van der Waals surface area contributed by atoms with Gasteiger partial charge in [0.05, 0.1) is 19.4 Å². The maximum atomic E-state index is 13.8. The zero-order valence-corrected chi connectivity index (χ0v) is 20.6. The first-order valence-electron chi connectivity index (χ1n) is 10.7. The minimum absolute atomic E-state index is 0.105. The average molecular weight is 516 g/mol. The number of nitrogen functional groups attached to an aromatic ring is 1. The molecule has 1 aromatic carbocycles. The van der Waals surface area contributed by atoms with Crippen molar-refractivity contribution in [3.8, 4) is 5.75 Å². The Bertz CT molecular complexity index is 1270. The van der Waals surface area contributed by atoms with E-state index in [0.29, 0.717) is 23.0 Å². The standard InChI is InChI=1S/C23H25N5O7S/c1-4-34-16(29)11-26-22(31)19(15-10-5-12(2)35-15)28(13-6-8-14(33-3)9-7-13)23(32)20-17(24)18(21(25)30)27-36-20/h5-10,19H,4,11,24H2,1-3H3,(H2,25,30)(H,26,31)/t19-/m0/s1. The Morgan fingerprint density at radius 2 is 1.86 bits per heavy atom. The second-order valence-electron chi connectivity index (χ2n) is 7.39. The first kappa shape index (κ1) is 26.2. The van der Waals surface area contributed by atoms with Crippen LogP contribution < -0.4 is 26.4 Å². The molecule has 3 aromatic rings. The summed E-state index contributed by atoms with van der Waals surface area (Å²) >= 11 is 0.669. The number of hydrogen-bond donors (Lipinski definition) is 3. The van der Waals surface area contributed by atoms with Crippen LogP contribution in [0.2, 0.25) is 0 Å². The number of primary amides is 1. The lowest BCUT2D eigenvalue weighted by Crippen LogP contribution is -2.45. The lowest BCUT2D eigenvalue weighted by Gasteiger charge is -2.29. The fourth-order valence-corrected chi connectivity index (χ4v) is 4.05. The number of hydrogen-bond acceptors (Lipinski definition) is 10. The van der Waals surface area contributed by atoms with E-state index in [0.717, 1.165) is 4.90 Å². The van der Waals surface area contributed by atoms with Gasteiger partial charge in [-0.2, -0.15) is 4.37 Å². The van der Waals surface area contributed by atoms with Gasteiger partial charge in [0.1, 0.15) is 28.7 Å². The van der Waals surface area contributed by atoms with E-state index in [-0.39, 0.29) is 34.3 Å². The Kier molecular flexibility index (Phi) is 8.27.